The van der Waals surface area contributed by atoms with E-state index >= 15 is 0 Å². The SMILES string of the molecule is CN1CCCC(NS(=O)(=O)c2c(N)cc(Br)cc2Br)C1. The second kappa shape index (κ2) is 6.31. The van der Waals surface area contributed by atoms with Crippen LogP contribution in [0.5, 0.6) is 0 Å². The molecule has 0 saturated carbocycles. The second-order valence-electron chi connectivity index (χ2n) is 5.03. The van der Waals surface area contributed by atoms with Gasteiger partial charge >= 0.3 is 0 Å². The minimum Gasteiger partial charge on any atom is -0.398 e. The van der Waals surface area contributed by atoms with Crippen LogP contribution in [0, 0.1) is 0 Å². The third-order valence-electron chi connectivity index (χ3n) is 3.25. The molecule has 3 N–H and O–H groups in total. The van der Waals surface area contributed by atoms with E-state index in [4.69, 9.17) is 5.73 Å². The summed E-state index contributed by atoms with van der Waals surface area (Å²) in [6.45, 7) is 1.72. The van der Waals surface area contributed by atoms with Crippen LogP contribution in [-0.4, -0.2) is 39.5 Å². The summed E-state index contributed by atoms with van der Waals surface area (Å²) in [6, 6.07) is 3.19. The Bertz CT molecular complexity index is 584. The summed E-state index contributed by atoms with van der Waals surface area (Å²) in [5, 5.41) is 0. The second-order valence-corrected chi connectivity index (χ2v) is 8.45. The Kier molecular flexibility index (Phi) is 5.12. The maximum absolute atomic E-state index is 12.5. The molecule has 0 radical (unpaired) electrons. The van der Waals surface area contributed by atoms with Crippen molar-refractivity contribution in [2.24, 2.45) is 0 Å². The summed E-state index contributed by atoms with van der Waals surface area (Å²) < 4.78 is 29.0. The van der Waals surface area contributed by atoms with Crippen LogP contribution < -0.4 is 10.5 Å². The quantitative estimate of drug-likeness (QED) is 0.726. The summed E-state index contributed by atoms with van der Waals surface area (Å²) in [6.07, 6.45) is 1.83. The summed E-state index contributed by atoms with van der Waals surface area (Å²) >= 11 is 6.56. The monoisotopic (exact) mass is 425 g/mol. The average molecular weight is 427 g/mol. The van der Waals surface area contributed by atoms with Crippen LogP contribution in [0.1, 0.15) is 12.8 Å². The molecule has 1 aromatic carbocycles. The van der Waals surface area contributed by atoms with Gasteiger partial charge in [-0.3, -0.25) is 0 Å². The lowest BCUT2D eigenvalue weighted by atomic mass is 10.1. The fraction of sp³-hybridized carbons (Fsp3) is 0.500. The van der Waals surface area contributed by atoms with Crippen LogP contribution in [0.4, 0.5) is 5.69 Å². The van der Waals surface area contributed by atoms with Crippen LogP contribution in [0.15, 0.2) is 26.0 Å². The van der Waals surface area contributed by atoms with Crippen molar-refractivity contribution in [2.75, 3.05) is 25.9 Å². The highest BCUT2D eigenvalue weighted by Gasteiger charge is 2.27. The smallest absolute Gasteiger partial charge is 0.244 e. The average Bonchev–Trinajstić information content (AvgIpc) is 2.25. The van der Waals surface area contributed by atoms with E-state index in [0.29, 0.717) is 11.0 Å². The van der Waals surface area contributed by atoms with Gasteiger partial charge in [-0.05, 0) is 54.5 Å². The van der Waals surface area contributed by atoms with E-state index in [2.05, 4.69) is 41.5 Å². The van der Waals surface area contributed by atoms with Crippen molar-refractivity contribution in [1.82, 2.24) is 9.62 Å². The fourth-order valence-corrected chi connectivity index (χ4v) is 5.74. The molecule has 1 atom stereocenters. The minimum atomic E-state index is -3.63. The number of nitrogens with zero attached hydrogens (tertiary/aromatic N) is 1. The van der Waals surface area contributed by atoms with Gasteiger partial charge in [0, 0.05) is 21.5 Å². The van der Waals surface area contributed by atoms with Gasteiger partial charge in [0.2, 0.25) is 10.0 Å². The predicted molar refractivity (Wildman–Crippen MR) is 87.1 cm³/mol. The molecule has 112 valence electrons. The van der Waals surface area contributed by atoms with Gasteiger partial charge in [-0.15, -0.1) is 0 Å². The Balaban J connectivity index is 2.27. The van der Waals surface area contributed by atoms with Gasteiger partial charge in [-0.25, -0.2) is 13.1 Å². The molecular formula is C12H17Br2N3O2S. The molecule has 0 aromatic heterocycles. The molecule has 0 spiro atoms. The topological polar surface area (TPSA) is 75.4 Å². The molecule has 8 heteroatoms. The van der Waals surface area contributed by atoms with E-state index in [-0.39, 0.29) is 16.6 Å². The molecule has 1 aliphatic heterocycles. The van der Waals surface area contributed by atoms with Gasteiger partial charge in [-0.2, -0.15) is 0 Å². The molecular weight excluding hydrogens is 410 g/mol. The van der Waals surface area contributed by atoms with Gasteiger partial charge < -0.3 is 10.6 Å². The number of benzene rings is 1. The number of hydrogen-bond donors (Lipinski definition) is 2. The largest absolute Gasteiger partial charge is 0.398 e. The highest BCUT2D eigenvalue weighted by molar-refractivity contribution is 9.11. The maximum atomic E-state index is 12.5. The molecule has 0 amide bonds. The molecule has 1 fully saturated rings. The Morgan fingerprint density at radius 3 is 2.70 bits per heavy atom. The number of anilines is 1. The minimum absolute atomic E-state index is 0.0753. The Labute approximate surface area is 136 Å². The van der Waals surface area contributed by atoms with Crippen LogP contribution in [0.25, 0.3) is 0 Å². The molecule has 0 bridgehead atoms. The van der Waals surface area contributed by atoms with Crippen molar-refractivity contribution >= 4 is 47.6 Å². The van der Waals surface area contributed by atoms with Gasteiger partial charge in [0.15, 0.2) is 0 Å². The normalized spacial score (nSPS) is 21.1. The number of sulfonamides is 1. The van der Waals surface area contributed by atoms with Crippen molar-refractivity contribution in [3.63, 3.8) is 0 Å². The van der Waals surface area contributed by atoms with E-state index in [0.717, 1.165) is 23.9 Å². The van der Waals surface area contributed by atoms with E-state index in [1.807, 2.05) is 7.05 Å². The third kappa shape index (κ3) is 3.73. The van der Waals surface area contributed by atoms with Crippen molar-refractivity contribution in [1.29, 1.82) is 0 Å². The van der Waals surface area contributed by atoms with Gasteiger partial charge in [-0.1, -0.05) is 15.9 Å². The molecule has 5 nitrogen and oxygen atoms in total. The van der Waals surface area contributed by atoms with E-state index in [1.165, 1.54) is 0 Å². The number of nitrogen functional groups attached to an aromatic ring is 1. The van der Waals surface area contributed by atoms with Gasteiger partial charge in [0.05, 0.1) is 5.69 Å². The van der Waals surface area contributed by atoms with Crippen molar-refractivity contribution in [3.05, 3.63) is 21.1 Å². The maximum Gasteiger partial charge on any atom is 0.244 e. The number of nitrogens with one attached hydrogen (secondary N) is 1. The molecule has 1 unspecified atom stereocenters. The Morgan fingerprint density at radius 1 is 1.40 bits per heavy atom. The molecule has 0 aliphatic carbocycles. The van der Waals surface area contributed by atoms with E-state index in [1.54, 1.807) is 12.1 Å². The third-order valence-corrected chi connectivity index (χ3v) is 6.23. The number of nitrogens with two attached hydrogens (primary N) is 1. The van der Waals surface area contributed by atoms with Gasteiger partial charge in [0.25, 0.3) is 0 Å². The fourth-order valence-electron chi connectivity index (χ4n) is 2.40. The van der Waals surface area contributed by atoms with E-state index in [9.17, 15) is 8.42 Å². The predicted octanol–water partition coefficient (Wildman–Crippen LogP) is 2.17. The summed E-state index contributed by atoms with van der Waals surface area (Å²) in [5.74, 6) is 0. The number of likely N-dealkylation sites (tertiary alicyclic amines) is 1. The summed E-state index contributed by atoms with van der Waals surface area (Å²) in [5.41, 5.74) is 6.08. The molecule has 2 rings (SSSR count). The zero-order valence-corrected chi connectivity index (χ0v) is 15.1. The lowest BCUT2D eigenvalue weighted by Crippen LogP contribution is -2.46. The molecule has 1 aromatic rings. The van der Waals surface area contributed by atoms with Crippen LogP contribution >= 0.6 is 31.9 Å². The first-order valence-electron chi connectivity index (χ1n) is 6.25. The van der Waals surface area contributed by atoms with Crippen molar-refractivity contribution in [3.8, 4) is 0 Å². The van der Waals surface area contributed by atoms with Gasteiger partial charge in [0.1, 0.15) is 4.90 Å². The first kappa shape index (κ1) is 16.2. The zero-order valence-electron chi connectivity index (χ0n) is 11.1. The van der Waals surface area contributed by atoms with E-state index < -0.39 is 10.0 Å². The number of hydrogen-bond acceptors (Lipinski definition) is 4. The van der Waals surface area contributed by atoms with Crippen molar-refractivity contribution < 1.29 is 8.42 Å². The number of likely N-dealkylation sites (N-methyl/N-ethyl adjacent to an activating group) is 1. The van der Waals surface area contributed by atoms with Crippen LogP contribution in [0.3, 0.4) is 0 Å². The van der Waals surface area contributed by atoms with Crippen LogP contribution in [0.2, 0.25) is 0 Å². The lowest BCUT2D eigenvalue weighted by molar-refractivity contribution is 0.242. The first-order chi connectivity index (χ1) is 9.29. The molecule has 1 aliphatic rings. The highest BCUT2D eigenvalue weighted by Crippen LogP contribution is 2.31. The standard InChI is InChI=1S/C12H17Br2N3O2S/c1-17-4-2-3-9(7-17)16-20(18,19)12-10(14)5-8(13)6-11(12)15/h5-6,9,16H,2-4,7,15H2,1H3. The summed E-state index contributed by atoms with van der Waals surface area (Å²) in [4.78, 5) is 2.23. The number of rotatable bonds is 3. The van der Waals surface area contributed by atoms with Crippen LogP contribution in [-0.2, 0) is 10.0 Å². The summed E-state index contributed by atoms with van der Waals surface area (Å²) in [7, 11) is -1.64. The zero-order chi connectivity index (χ0) is 14.9. The highest BCUT2D eigenvalue weighted by atomic mass is 79.9. The van der Waals surface area contributed by atoms with Crippen molar-refractivity contribution in [2.45, 2.75) is 23.8 Å². The Morgan fingerprint density at radius 2 is 2.10 bits per heavy atom. The number of halogens is 2. The Hall–Kier alpha value is -0.150. The molecule has 20 heavy (non-hydrogen) atoms. The first-order valence-corrected chi connectivity index (χ1v) is 9.32. The number of piperidine rings is 1. The molecule has 1 heterocycles. The lowest BCUT2D eigenvalue weighted by Gasteiger charge is -2.30. The molecule has 1 saturated heterocycles.